The highest BCUT2D eigenvalue weighted by atomic mass is 79.9. The average Bonchev–Trinajstić information content (AvgIpc) is 3.61. The number of hydrogen-bond donors (Lipinski definition) is 1. The number of rotatable bonds is 7. The minimum Gasteiger partial charge on any atom is -0.497 e. The van der Waals surface area contributed by atoms with Crippen LogP contribution in [0.2, 0.25) is 0 Å². The van der Waals surface area contributed by atoms with Crippen molar-refractivity contribution in [3.8, 4) is 22.1 Å². The van der Waals surface area contributed by atoms with E-state index in [0.717, 1.165) is 33.6 Å². The molecule has 1 aliphatic heterocycles. The van der Waals surface area contributed by atoms with Gasteiger partial charge in [0.25, 0.3) is 5.91 Å². The molecule has 1 saturated heterocycles. The van der Waals surface area contributed by atoms with E-state index in [1.165, 1.54) is 11.3 Å². The first kappa shape index (κ1) is 27.9. The molecule has 9 nitrogen and oxygen atoms in total. The normalized spacial score (nSPS) is 15.2. The lowest BCUT2D eigenvalue weighted by molar-refractivity contribution is 0.0591. The van der Waals surface area contributed by atoms with Gasteiger partial charge >= 0.3 is 6.03 Å². The molecule has 40 heavy (non-hydrogen) atoms. The summed E-state index contributed by atoms with van der Waals surface area (Å²) in [7, 11) is 1.64. The molecular formula is C29H31BrN6O3S. The number of halogens is 1. The highest BCUT2D eigenvalue weighted by Crippen LogP contribution is 2.29. The number of para-hydroxylation sites is 1. The first-order chi connectivity index (χ1) is 19.4. The van der Waals surface area contributed by atoms with Crippen LogP contribution >= 0.6 is 27.3 Å². The second-order valence-corrected chi connectivity index (χ2v) is 11.3. The largest absolute Gasteiger partial charge is 0.497 e. The molecule has 2 aromatic carbocycles. The minimum atomic E-state index is -0.179. The van der Waals surface area contributed by atoms with Crippen molar-refractivity contribution in [3.05, 3.63) is 75.8 Å². The van der Waals surface area contributed by atoms with Gasteiger partial charge in [-0.1, -0.05) is 37.6 Å². The van der Waals surface area contributed by atoms with Crippen molar-refractivity contribution in [2.24, 2.45) is 0 Å². The van der Waals surface area contributed by atoms with Gasteiger partial charge in [0.2, 0.25) is 5.13 Å². The summed E-state index contributed by atoms with van der Waals surface area (Å²) in [6.07, 6.45) is 3.20. The van der Waals surface area contributed by atoms with E-state index < -0.39 is 0 Å². The van der Waals surface area contributed by atoms with Crippen LogP contribution in [0, 0.1) is 0 Å². The lowest BCUT2D eigenvalue weighted by Crippen LogP contribution is -2.56. The Kier molecular flexibility index (Phi) is 8.51. The number of nitrogens with zero attached hydrogens (tertiary/aromatic N) is 5. The van der Waals surface area contributed by atoms with Gasteiger partial charge < -0.3 is 19.9 Å². The standard InChI is InChI=1S/C29H31BrN6O3S/c1-4-8-26-22(16-31-36(26)29-33-25(18-40-29)20-9-7-10-21(15-20)39-3)27(37)34-13-14-35(19(2)17-34)28(38)32-24-12-6-5-11-23(24)30/h5-7,9-12,15-16,18-19H,4,8,13-14,17H2,1-3H3,(H,32,38). The van der Waals surface area contributed by atoms with Crippen LogP contribution in [0.1, 0.15) is 36.3 Å². The highest BCUT2D eigenvalue weighted by molar-refractivity contribution is 9.10. The summed E-state index contributed by atoms with van der Waals surface area (Å²) in [6, 6.07) is 15.0. The van der Waals surface area contributed by atoms with Gasteiger partial charge in [-0.3, -0.25) is 4.79 Å². The summed E-state index contributed by atoms with van der Waals surface area (Å²) in [4.78, 5) is 35.1. The number of piperazine rings is 1. The Morgan fingerprint density at radius 2 is 2.00 bits per heavy atom. The zero-order chi connectivity index (χ0) is 28.2. The Morgan fingerprint density at radius 3 is 2.75 bits per heavy atom. The van der Waals surface area contributed by atoms with Crippen molar-refractivity contribution in [1.82, 2.24) is 24.6 Å². The first-order valence-corrected chi connectivity index (χ1v) is 14.9. The topological polar surface area (TPSA) is 92.6 Å². The molecule has 2 aromatic heterocycles. The summed E-state index contributed by atoms with van der Waals surface area (Å²) in [5.41, 5.74) is 3.93. The van der Waals surface area contributed by atoms with Gasteiger partial charge in [0.1, 0.15) is 5.75 Å². The molecule has 0 radical (unpaired) electrons. The van der Waals surface area contributed by atoms with Crippen LogP contribution in [0.15, 0.2) is 64.6 Å². The molecule has 208 valence electrons. The predicted octanol–water partition coefficient (Wildman–Crippen LogP) is 6.10. The Morgan fingerprint density at radius 1 is 1.18 bits per heavy atom. The Labute approximate surface area is 245 Å². The Bertz CT molecular complexity index is 1520. The number of urea groups is 1. The maximum Gasteiger partial charge on any atom is 0.322 e. The quantitative estimate of drug-likeness (QED) is 0.269. The van der Waals surface area contributed by atoms with Gasteiger partial charge in [-0.15, -0.1) is 11.3 Å². The summed E-state index contributed by atoms with van der Waals surface area (Å²) in [5, 5.41) is 10.3. The minimum absolute atomic E-state index is 0.0722. The number of amides is 3. The number of benzene rings is 2. The second kappa shape index (κ2) is 12.2. The van der Waals surface area contributed by atoms with E-state index in [1.54, 1.807) is 22.9 Å². The van der Waals surface area contributed by atoms with Crippen molar-refractivity contribution in [3.63, 3.8) is 0 Å². The highest BCUT2D eigenvalue weighted by Gasteiger charge is 2.32. The maximum absolute atomic E-state index is 13.7. The van der Waals surface area contributed by atoms with E-state index in [0.29, 0.717) is 42.4 Å². The van der Waals surface area contributed by atoms with Crippen LogP contribution in [-0.4, -0.2) is 69.3 Å². The Balaban J connectivity index is 1.31. The molecule has 0 aliphatic carbocycles. The molecule has 4 aromatic rings. The number of aromatic nitrogens is 3. The number of methoxy groups -OCH3 is 1. The fraction of sp³-hybridized carbons (Fsp3) is 0.310. The van der Waals surface area contributed by atoms with Gasteiger partial charge in [-0.2, -0.15) is 5.10 Å². The van der Waals surface area contributed by atoms with Crippen LogP contribution in [0.5, 0.6) is 5.75 Å². The number of carbonyl (C=O) groups is 2. The van der Waals surface area contributed by atoms with Crippen molar-refractivity contribution in [2.75, 3.05) is 32.1 Å². The van der Waals surface area contributed by atoms with E-state index >= 15 is 0 Å². The summed E-state index contributed by atoms with van der Waals surface area (Å²) >= 11 is 4.96. The van der Waals surface area contributed by atoms with E-state index in [-0.39, 0.29) is 18.0 Å². The van der Waals surface area contributed by atoms with Gasteiger partial charge in [0, 0.05) is 41.1 Å². The third kappa shape index (κ3) is 5.75. The SMILES string of the molecule is CCCc1c(C(=O)N2CCN(C(=O)Nc3ccccc3Br)C(C)C2)cnn1-c1nc(-c2cccc(OC)c2)cs1. The number of nitrogens with one attached hydrogen (secondary N) is 1. The average molecular weight is 624 g/mol. The molecule has 1 N–H and O–H groups in total. The molecule has 3 amide bonds. The van der Waals surface area contributed by atoms with Crippen LogP contribution < -0.4 is 10.1 Å². The lowest BCUT2D eigenvalue weighted by Gasteiger charge is -2.39. The van der Waals surface area contributed by atoms with Crippen LogP contribution in [0.25, 0.3) is 16.4 Å². The van der Waals surface area contributed by atoms with Gasteiger partial charge in [-0.05, 0) is 53.5 Å². The van der Waals surface area contributed by atoms with Crippen molar-refractivity contribution in [2.45, 2.75) is 32.7 Å². The monoisotopic (exact) mass is 622 g/mol. The van der Waals surface area contributed by atoms with E-state index in [2.05, 4.69) is 33.3 Å². The molecule has 3 heterocycles. The number of anilines is 1. The smallest absolute Gasteiger partial charge is 0.322 e. The Hall–Kier alpha value is -3.70. The molecule has 11 heteroatoms. The zero-order valence-corrected chi connectivity index (χ0v) is 25.0. The zero-order valence-electron chi connectivity index (χ0n) is 22.6. The molecule has 1 atom stereocenters. The number of carbonyl (C=O) groups excluding carboxylic acids is 2. The number of ether oxygens (including phenoxy) is 1. The summed E-state index contributed by atoms with van der Waals surface area (Å²) in [6.45, 7) is 5.37. The van der Waals surface area contributed by atoms with Crippen LogP contribution in [0.4, 0.5) is 10.5 Å². The third-order valence-electron chi connectivity index (χ3n) is 6.92. The van der Waals surface area contributed by atoms with Crippen LogP contribution in [-0.2, 0) is 6.42 Å². The molecule has 1 aliphatic rings. The number of hydrogen-bond acceptors (Lipinski definition) is 6. The molecule has 0 bridgehead atoms. The van der Waals surface area contributed by atoms with Crippen LogP contribution in [0.3, 0.4) is 0 Å². The molecular weight excluding hydrogens is 592 g/mol. The maximum atomic E-state index is 13.7. The van der Waals surface area contributed by atoms with Gasteiger partial charge in [-0.25, -0.2) is 14.5 Å². The van der Waals surface area contributed by atoms with Crippen molar-refractivity contribution >= 4 is 44.9 Å². The fourth-order valence-corrected chi connectivity index (χ4v) is 6.03. The van der Waals surface area contributed by atoms with Crippen molar-refractivity contribution < 1.29 is 14.3 Å². The van der Waals surface area contributed by atoms with Gasteiger partial charge in [0.05, 0.1) is 35.9 Å². The second-order valence-electron chi connectivity index (χ2n) is 9.62. The van der Waals surface area contributed by atoms with Gasteiger partial charge in [0.15, 0.2) is 0 Å². The predicted molar refractivity (Wildman–Crippen MR) is 160 cm³/mol. The molecule has 1 fully saturated rings. The van der Waals surface area contributed by atoms with E-state index in [4.69, 9.17) is 9.72 Å². The van der Waals surface area contributed by atoms with E-state index in [1.807, 2.05) is 65.7 Å². The molecule has 0 saturated carbocycles. The van der Waals surface area contributed by atoms with Crippen molar-refractivity contribution in [1.29, 1.82) is 0 Å². The molecule has 0 spiro atoms. The fourth-order valence-electron chi connectivity index (χ4n) is 4.83. The summed E-state index contributed by atoms with van der Waals surface area (Å²) < 4.78 is 7.96. The molecule has 1 unspecified atom stereocenters. The third-order valence-corrected chi connectivity index (χ3v) is 8.42. The molecule has 5 rings (SSSR count). The summed E-state index contributed by atoms with van der Waals surface area (Å²) in [5.74, 6) is 0.697. The lowest BCUT2D eigenvalue weighted by atomic mass is 10.1. The first-order valence-electron chi connectivity index (χ1n) is 13.2. The number of thiazole rings is 1. The van der Waals surface area contributed by atoms with E-state index in [9.17, 15) is 9.59 Å².